The Hall–Kier alpha value is -2.16. The maximum Gasteiger partial charge on any atom is 0.114 e. The van der Waals surface area contributed by atoms with Crippen molar-refractivity contribution in [3.8, 4) is 40.4 Å². The van der Waals surface area contributed by atoms with Crippen molar-refractivity contribution in [1.29, 1.82) is 0 Å². The first-order valence-corrected chi connectivity index (χ1v) is 15.4. The number of aryl methyl sites for hydroxylation is 2. The van der Waals surface area contributed by atoms with Gasteiger partial charge < -0.3 is 0 Å². The highest BCUT2D eigenvalue weighted by Gasteiger charge is 2.19. The van der Waals surface area contributed by atoms with Crippen molar-refractivity contribution in [2.45, 2.75) is 41.5 Å². The van der Waals surface area contributed by atoms with Crippen LogP contribution in [0.3, 0.4) is 0 Å². The van der Waals surface area contributed by atoms with Crippen LogP contribution in [0.2, 0.25) is 0 Å². The molecule has 5 heterocycles. The molecular weight excluding hydrogens is 525 g/mol. The lowest BCUT2D eigenvalue weighted by molar-refractivity contribution is 1.35. The van der Waals surface area contributed by atoms with Gasteiger partial charge in [-0.25, -0.2) is 0 Å². The number of rotatable bonds is 4. The highest BCUT2D eigenvalue weighted by molar-refractivity contribution is 7.24. The lowest BCUT2D eigenvalue weighted by Crippen LogP contribution is -1.81. The first kappa shape index (κ1) is 23.3. The van der Waals surface area contributed by atoms with Gasteiger partial charge in [-0.15, -0.1) is 45.3 Å². The summed E-state index contributed by atoms with van der Waals surface area (Å²) in [5, 5.41) is 0. The van der Waals surface area contributed by atoms with Gasteiger partial charge in [-0.3, -0.25) is 0 Å². The standard InChI is InChI=1S/C28H24N2S5/c1-13-15(3)27(31-17(13)5)23-11-9-21(33-23)19-7-8-20(26-25(19)29-35-30-26)22-10-12-24(34-22)28-16(4)14(2)18(6)32-28/h7-12H,1-6H3. The Kier molecular flexibility index (Phi) is 5.81. The summed E-state index contributed by atoms with van der Waals surface area (Å²) in [7, 11) is 0. The predicted octanol–water partition coefficient (Wildman–Crippen LogP) is 10.5. The van der Waals surface area contributed by atoms with E-state index in [0.717, 1.165) is 11.0 Å². The van der Waals surface area contributed by atoms with Crippen molar-refractivity contribution in [1.82, 2.24) is 8.75 Å². The van der Waals surface area contributed by atoms with E-state index in [-0.39, 0.29) is 0 Å². The summed E-state index contributed by atoms with van der Waals surface area (Å²) in [5.74, 6) is 0. The van der Waals surface area contributed by atoms with Crippen LogP contribution < -0.4 is 0 Å². The van der Waals surface area contributed by atoms with E-state index in [1.807, 2.05) is 45.3 Å². The van der Waals surface area contributed by atoms with Gasteiger partial charge >= 0.3 is 0 Å². The molecule has 6 aromatic rings. The third-order valence-corrected chi connectivity index (χ3v) is 12.7. The zero-order valence-electron chi connectivity index (χ0n) is 20.4. The van der Waals surface area contributed by atoms with Crippen LogP contribution in [-0.2, 0) is 0 Å². The van der Waals surface area contributed by atoms with Gasteiger partial charge in [0.15, 0.2) is 0 Å². The van der Waals surface area contributed by atoms with E-state index < -0.39 is 0 Å². The topological polar surface area (TPSA) is 25.8 Å². The number of aromatic nitrogens is 2. The summed E-state index contributed by atoms with van der Waals surface area (Å²) in [6, 6.07) is 13.5. The fourth-order valence-corrected chi connectivity index (χ4v) is 9.73. The Balaban J connectivity index is 1.40. The van der Waals surface area contributed by atoms with Gasteiger partial charge in [0.1, 0.15) is 11.0 Å². The summed E-state index contributed by atoms with van der Waals surface area (Å²) >= 11 is 8.81. The Bertz CT molecular complexity index is 1590. The van der Waals surface area contributed by atoms with Crippen LogP contribution in [0.5, 0.6) is 0 Å². The highest BCUT2D eigenvalue weighted by atomic mass is 32.1. The van der Waals surface area contributed by atoms with Crippen LogP contribution in [0.4, 0.5) is 0 Å². The van der Waals surface area contributed by atoms with E-state index >= 15 is 0 Å². The van der Waals surface area contributed by atoms with Crippen molar-refractivity contribution in [3.05, 3.63) is 68.4 Å². The second-order valence-electron chi connectivity index (χ2n) is 8.92. The van der Waals surface area contributed by atoms with Crippen LogP contribution >= 0.6 is 57.1 Å². The molecule has 1 aromatic carbocycles. The third kappa shape index (κ3) is 3.76. The Morgan fingerprint density at radius 1 is 0.457 bits per heavy atom. The zero-order chi connectivity index (χ0) is 24.4. The van der Waals surface area contributed by atoms with Gasteiger partial charge in [0.25, 0.3) is 0 Å². The lowest BCUT2D eigenvalue weighted by atomic mass is 10.1. The molecule has 0 spiro atoms. The Morgan fingerprint density at radius 2 is 0.857 bits per heavy atom. The molecule has 0 bridgehead atoms. The average Bonchev–Trinajstić information content (AvgIpc) is 3.67. The maximum atomic E-state index is 4.74. The number of hydrogen-bond donors (Lipinski definition) is 0. The molecule has 0 radical (unpaired) electrons. The van der Waals surface area contributed by atoms with Crippen molar-refractivity contribution in [2.24, 2.45) is 0 Å². The van der Waals surface area contributed by atoms with Gasteiger partial charge in [-0.05, 0) is 88.1 Å². The number of fused-ring (bicyclic) bond motifs is 1. The molecule has 2 nitrogen and oxygen atoms in total. The maximum absolute atomic E-state index is 4.74. The fourth-order valence-electron chi connectivity index (χ4n) is 4.42. The van der Waals surface area contributed by atoms with E-state index in [1.54, 1.807) is 0 Å². The van der Waals surface area contributed by atoms with E-state index in [4.69, 9.17) is 8.75 Å². The number of benzene rings is 1. The molecule has 0 atom stereocenters. The molecule has 0 fully saturated rings. The summed E-state index contributed by atoms with van der Waals surface area (Å²) in [5.41, 5.74) is 9.98. The van der Waals surface area contributed by atoms with Gasteiger partial charge in [0.2, 0.25) is 0 Å². The molecule has 0 saturated carbocycles. The summed E-state index contributed by atoms with van der Waals surface area (Å²) in [4.78, 5) is 10.8. The monoisotopic (exact) mass is 548 g/mol. The first-order valence-electron chi connectivity index (χ1n) is 11.4. The van der Waals surface area contributed by atoms with Gasteiger partial charge in [0, 0.05) is 50.1 Å². The van der Waals surface area contributed by atoms with Crippen LogP contribution in [-0.4, -0.2) is 8.75 Å². The number of thiophene rings is 4. The van der Waals surface area contributed by atoms with E-state index in [2.05, 4.69) is 77.9 Å². The van der Waals surface area contributed by atoms with Gasteiger partial charge in [-0.1, -0.05) is 12.1 Å². The minimum absolute atomic E-state index is 1.00. The van der Waals surface area contributed by atoms with E-state index in [0.29, 0.717) is 0 Å². The van der Waals surface area contributed by atoms with Crippen molar-refractivity contribution < 1.29 is 0 Å². The Morgan fingerprint density at radius 3 is 1.23 bits per heavy atom. The summed E-state index contributed by atoms with van der Waals surface area (Å²) in [6.45, 7) is 13.3. The minimum atomic E-state index is 1.00. The molecular formula is C28H24N2S5. The normalized spacial score (nSPS) is 11.7. The van der Waals surface area contributed by atoms with Crippen LogP contribution in [0.1, 0.15) is 32.0 Å². The molecule has 0 amide bonds. The quantitative estimate of drug-likeness (QED) is 0.219. The molecule has 0 saturated heterocycles. The third-order valence-electron chi connectivity index (χ3n) is 6.98. The molecule has 0 aliphatic carbocycles. The Labute approximate surface area is 225 Å². The largest absolute Gasteiger partial charge is 0.172 e. The molecule has 0 aliphatic heterocycles. The zero-order valence-corrected chi connectivity index (χ0v) is 24.5. The predicted molar refractivity (Wildman–Crippen MR) is 159 cm³/mol. The second kappa shape index (κ2) is 8.75. The van der Waals surface area contributed by atoms with Crippen molar-refractivity contribution in [3.63, 3.8) is 0 Å². The first-order chi connectivity index (χ1) is 16.8. The molecule has 5 aromatic heterocycles. The summed E-state index contributed by atoms with van der Waals surface area (Å²) < 4.78 is 9.48. The van der Waals surface area contributed by atoms with Crippen LogP contribution in [0.25, 0.3) is 51.4 Å². The molecule has 0 N–H and O–H groups in total. The van der Waals surface area contributed by atoms with Crippen LogP contribution in [0.15, 0.2) is 36.4 Å². The lowest BCUT2D eigenvalue weighted by Gasteiger charge is -2.04. The average molecular weight is 549 g/mol. The van der Waals surface area contributed by atoms with E-state index in [9.17, 15) is 0 Å². The summed E-state index contributed by atoms with van der Waals surface area (Å²) in [6.07, 6.45) is 0. The van der Waals surface area contributed by atoms with Crippen LogP contribution in [0, 0.1) is 41.5 Å². The highest BCUT2D eigenvalue weighted by Crippen LogP contribution is 2.46. The fraction of sp³-hybridized carbons (Fsp3) is 0.214. The minimum Gasteiger partial charge on any atom is -0.172 e. The number of hydrogen-bond acceptors (Lipinski definition) is 7. The molecule has 176 valence electrons. The van der Waals surface area contributed by atoms with Gasteiger partial charge in [-0.2, -0.15) is 8.75 Å². The van der Waals surface area contributed by atoms with Crippen molar-refractivity contribution >= 4 is 68.1 Å². The van der Waals surface area contributed by atoms with Gasteiger partial charge in [0.05, 0.1) is 11.7 Å². The number of nitrogens with zero attached hydrogens (tertiary/aromatic N) is 2. The second-order valence-corrected chi connectivity index (χ2v) is 14.1. The molecule has 35 heavy (non-hydrogen) atoms. The SMILES string of the molecule is Cc1sc(-c2ccc(-c3ccc(-c4ccc(-c5sc(C)c(C)c5C)s4)c4nsnc34)s2)c(C)c1C. The van der Waals surface area contributed by atoms with E-state index in [1.165, 1.54) is 84.1 Å². The molecule has 6 rings (SSSR count). The molecule has 0 unspecified atom stereocenters. The smallest absolute Gasteiger partial charge is 0.114 e. The molecule has 0 aliphatic rings. The van der Waals surface area contributed by atoms with Crippen molar-refractivity contribution in [2.75, 3.05) is 0 Å². The molecule has 7 heteroatoms.